The molecule has 0 saturated carbocycles. The number of nitrogens with one attached hydrogen (secondary N) is 1. The Kier molecular flexibility index (Phi) is 4.87. The molecule has 0 unspecified atom stereocenters. The van der Waals surface area contributed by atoms with E-state index >= 15 is 0 Å². The molecule has 0 aliphatic carbocycles. The molecule has 0 aliphatic heterocycles. The van der Waals surface area contributed by atoms with Crippen LogP contribution in [0.2, 0.25) is 0 Å². The van der Waals surface area contributed by atoms with Crippen molar-refractivity contribution < 1.29 is 4.79 Å². The highest BCUT2D eigenvalue weighted by Crippen LogP contribution is 2.29. The summed E-state index contributed by atoms with van der Waals surface area (Å²) in [5, 5.41) is 10.0. The van der Waals surface area contributed by atoms with E-state index in [-0.39, 0.29) is 5.78 Å². The van der Waals surface area contributed by atoms with E-state index in [9.17, 15) is 4.79 Å². The van der Waals surface area contributed by atoms with Gasteiger partial charge in [-0.05, 0) is 61.4 Å². The van der Waals surface area contributed by atoms with E-state index < -0.39 is 0 Å². The van der Waals surface area contributed by atoms with Crippen LogP contribution >= 0.6 is 23.1 Å². The Morgan fingerprint density at radius 1 is 1.29 bits per heavy atom. The first-order valence-electron chi connectivity index (χ1n) is 7.67. The first-order chi connectivity index (χ1) is 11.5. The van der Waals surface area contributed by atoms with Gasteiger partial charge in [0.25, 0.3) is 0 Å². The lowest BCUT2D eigenvalue weighted by molar-refractivity contribution is 0.101. The van der Waals surface area contributed by atoms with Gasteiger partial charge in [-0.15, -0.1) is 16.4 Å². The van der Waals surface area contributed by atoms with Gasteiger partial charge in [0.1, 0.15) is 0 Å². The summed E-state index contributed by atoms with van der Waals surface area (Å²) in [6.45, 7) is 7.75. The van der Waals surface area contributed by atoms with Crippen LogP contribution in [0.1, 0.15) is 39.5 Å². The number of rotatable bonds is 5. The predicted molar refractivity (Wildman–Crippen MR) is 99.9 cm³/mol. The summed E-state index contributed by atoms with van der Waals surface area (Å²) in [7, 11) is 0. The second-order valence-corrected chi connectivity index (χ2v) is 7.67. The van der Waals surface area contributed by atoms with E-state index in [0.29, 0.717) is 0 Å². The molecule has 0 amide bonds. The van der Waals surface area contributed by atoms with Crippen LogP contribution in [0, 0.1) is 20.8 Å². The molecular formula is C18H19N3OS2. The molecule has 0 atom stereocenters. The largest absolute Gasteiger partial charge is 0.294 e. The summed E-state index contributed by atoms with van der Waals surface area (Å²) >= 11 is 3.22. The van der Waals surface area contributed by atoms with E-state index in [0.717, 1.165) is 38.3 Å². The number of hydrogen-bond acceptors (Lipinski definition) is 5. The molecule has 3 aromatic rings. The smallest absolute Gasteiger partial charge is 0.209 e. The third kappa shape index (κ3) is 3.30. The van der Waals surface area contributed by atoms with Crippen molar-refractivity contribution in [3.8, 4) is 10.7 Å². The maximum Gasteiger partial charge on any atom is 0.209 e. The summed E-state index contributed by atoms with van der Waals surface area (Å²) in [5.74, 6) is 1.67. The van der Waals surface area contributed by atoms with Gasteiger partial charge in [-0.25, -0.2) is 4.98 Å². The molecule has 2 heterocycles. The molecule has 0 fully saturated rings. The number of thiophene rings is 1. The molecular weight excluding hydrogens is 338 g/mol. The molecule has 1 aromatic carbocycles. The van der Waals surface area contributed by atoms with Crippen LogP contribution in [0.4, 0.5) is 0 Å². The Balaban J connectivity index is 1.82. The van der Waals surface area contributed by atoms with Gasteiger partial charge in [0.2, 0.25) is 5.16 Å². The highest BCUT2D eigenvalue weighted by molar-refractivity contribution is 7.98. The molecule has 0 spiro atoms. The first-order valence-corrected chi connectivity index (χ1v) is 9.53. The van der Waals surface area contributed by atoms with E-state index in [1.165, 1.54) is 11.1 Å². The molecule has 24 heavy (non-hydrogen) atoms. The molecule has 4 nitrogen and oxygen atoms in total. The fraction of sp³-hybridized carbons (Fsp3) is 0.278. The van der Waals surface area contributed by atoms with Crippen molar-refractivity contribution in [3.63, 3.8) is 0 Å². The van der Waals surface area contributed by atoms with Crippen molar-refractivity contribution in [1.82, 2.24) is 15.2 Å². The standard InChI is InChI=1S/C18H19N3OS2/c1-10-8-11(2)16(13(4)22)12(3)14(10)9-24-18-19-17(20-21-18)15-6-5-7-23-15/h5-8H,9H2,1-4H3,(H,19,20,21). The molecule has 2 aromatic heterocycles. The third-order valence-corrected chi connectivity index (χ3v) is 5.80. The normalized spacial score (nSPS) is 11.0. The zero-order valence-electron chi connectivity index (χ0n) is 14.1. The number of aromatic amines is 1. The van der Waals surface area contributed by atoms with E-state index in [2.05, 4.69) is 28.2 Å². The summed E-state index contributed by atoms with van der Waals surface area (Å²) in [6, 6.07) is 6.11. The number of aromatic nitrogens is 3. The fourth-order valence-electron chi connectivity index (χ4n) is 2.96. The number of H-pyrrole nitrogens is 1. The molecule has 6 heteroatoms. The van der Waals surface area contributed by atoms with Crippen molar-refractivity contribution in [1.29, 1.82) is 0 Å². The van der Waals surface area contributed by atoms with E-state index in [1.807, 2.05) is 31.4 Å². The molecule has 0 bridgehead atoms. The molecule has 0 aliphatic rings. The summed E-state index contributed by atoms with van der Waals surface area (Å²) in [4.78, 5) is 17.5. The van der Waals surface area contributed by atoms with Crippen molar-refractivity contribution in [2.24, 2.45) is 0 Å². The quantitative estimate of drug-likeness (QED) is 0.518. The average molecular weight is 358 g/mol. The maximum atomic E-state index is 11.9. The summed E-state index contributed by atoms with van der Waals surface area (Å²) in [5.41, 5.74) is 5.35. The lowest BCUT2D eigenvalue weighted by Crippen LogP contribution is -2.05. The van der Waals surface area contributed by atoms with Gasteiger partial charge in [-0.3, -0.25) is 9.89 Å². The van der Waals surface area contributed by atoms with Gasteiger partial charge in [0.05, 0.1) is 4.88 Å². The van der Waals surface area contributed by atoms with Crippen LogP contribution in [0.15, 0.2) is 28.7 Å². The molecule has 0 radical (unpaired) electrons. The topological polar surface area (TPSA) is 58.6 Å². The van der Waals surface area contributed by atoms with Gasteiger partial charge in [0.15, 0.2) is 11.6 Å². The van der Waals surface area contributed by atoms with Crippen LogP contribution in [0.25, 0.3) is 10.7 Å². The number of ketones is 1. The van der Waals surface area contributed by atoms with Gasteiger partial charge in [-0.2, -0.15) is 0 Å². The van der Waals surface area contributed by atoms with Crippen molar-refractivity contribution in [2.45, 2.75) is 38.6 Å². The Morgan fingerprint density at radius 3 is 2.75 bits per heavy atom. The van der Waals surface area contributed by atoms with E-state index in [4.69, 9.17) is 0 Å². The Hall–Kier alpha value is -1.92. The Labute approximate surface area is 149 Å². The number of Topliss-reactive ketones (excluding diaryl/α,β-unsaturated/α-hetero) is 1. The van der Waals surface area contributed by atoms with Crippen LogP contribution in [0.3, 0.4) is 0 Å². The number of thioether (sulfide) groups is 1. The zero-order valence-corrected chi connectivity index (χ0v) is 15.8. The van der Waals surface area contributed by atoms with Gasteiger partial charge in [0, 0.05) is 11.3 Å². The lowest BCUT2D eigenvalue weighted by Gasteiger charge is -2.15. The molecule has 3 rings (SSSR count). The van der Waals surface area contributed by atoms with Crippen molar-refractivity contribution in [3.05, 3.63) is 51.4 Å². The van der Waals surface area contributed by atoms with Gasteiger partial charge >= 0.3 is 0 Å². The summed E-state index contributed by atoms with van der Waals surface area (Å²) in [6.07, 6.45) is 0. The minimum atomic E-state index is 0.120. The number of hydrogen-bond donors (Lipinski definition) is 1. The zero-order chi connectivity index (χ0) is 17.3. The van der Waals surface area contributed by atoms with Crippen LogP contribution < -0.4 is 0 Å². The maximum absolute atomic E-state index is 11.9. The highest BCUT2D eigenvalue weighted by Gasteiger charge is 2.15. The lowest BCUT2D eigenvalue weighted by atomic mass is 9.92. The number of aryl methyl sites for hydroxylation is 2. The van der Waals surface area contributed by atoms with Crippen LogP contribution in [-0.2, 0) is 5.75 Å². The Morgan fingerprint density at radius 2 is 2.08 bits per heavy atom. The Bertz CT molecular complexity index is 882. The fourth-order valence-corrected chi connectivity index (χ4v) is 4.61. The van der Waals surface area contributed by atoms with Gasteiger partial charge in [-0.1, -0.05) is 23.9 Å². The third-order valence-electron chi connectivity index (χ3n) is 4.05. The minimum absolute atomic E-state index is 0.120. The predicted octanol–water partition coefficient (Wildman–Crippen LogP) is 4.95. The minimum Gasteiger partial charge on any atom is -0.294 e. The summed E-state index contributed by atoms with van der Waals surface area (Å²) < 4.78 is 0. The SMILES string of the molecule is CC(=O)c1c(C)cc(C)c(CSc2n[nH]c(-c3cccs3)n2)c1C. The van der Waals surface area contributed by atoms with Gasteiger partial charge < -0.3 is 0 Å². The first kappa shape index (κ1) is 16.9. The molecule has 124 valence electrons. The monoisotopic (exact) mass is 357 g/mol. The second-order valence-electron chi connectivity index (χ2n) is 5.78. The van der Waals surface area contributed by atoms with Crippen LogP contribution in [-0.4, -0.2) is 21.0 Å². The molecule has 1 N–H and O–H groups in total. The van der Waals surface area contributed by atoms with Crippen molar-refractivity contribution >= 4 is 28.9 Å². The number of nitrogens with zero attached hydrogens (tertiary/aromatic N) is 2. The number of carbonyl (C=O) groups is 1. The van der Waals surface area contributed by atoms with Crippen LogP contribution in [0.5, 0.6) is 0 Å². The van der Waals surface area contributed by atoms with Crippen molar-refractivity contribution in [2.75, 3.05) is 0 Å². The second kappa shape index (κ2) is 6.91. The average Bonchev–Trinajstić information content (AvgIpc) is 3.17. The number of carbonyl (C=O) groups excluding carboxylic acids is 1. The molecule has 0 saturated heterocycles. The highest BCUT2D eigenvalue weighted by atomic mass is 32.2. The number of benzene rings is 1. The van der Waals surface area contributed by atoms with E-state index in [1.54, 1.807) is 30.0 Å².